The number of benzene rings is 2. The van der Waals surface area contributed by atoms with Crippen molar-refractivity contribution in [1.29, 1.82) is 0 Å². The van der Waals surface area contributed by atoms with Crippen LogP contribution in [-0.2, 0) is 33.9 Å². The smallest absolute Gasteiger partial charge is 0.432 e. The van der Waals surface area contributed by atoms with E-state index in [2.05, 4.69) is 4.74 Å². The predicted molar refractivity (Wildman–Crippen MR) is 167 cm³/mol. The Morgan fingerprint density at radius 3 is 1.79 bits per heavy atom. The topological polar surface area (TPSA) is 159 Å². The third-order valence-electron chi connectivity index (χ3n) is 8.44. The molecular weight excluding hydrogens is 901 g/mol. The number of halogens is 7. The summed E-state index contributed by atoms with van der Waals surface area (Å²) in [5.74, 6) is -10.9. The van der Waals surface area contributed by atoms with Crippen molar-refractivity contribution in [3.05, 3.63) is 84.5 Å². The first-order valence-corrected chi connectivity index (χ1v) is 17.5. The van der Waals surface area contributed by atoms with Gasteiger partial charge in [0, 0.05) is 19.0 Å². The summed E-state index contributed by atoms with van der Waals surface area (Å²) in [6.45, 7) is -1.10. The van der Waals surface area contributed by atoms with Crippen LogP contribution >= 0.6 is 45.2 Å². The molecule has 0 N–H and O–H groups in total. The molecule has 0 spiro atoms. The minimum atomic E-state index is -6.97. The number of rotatable bonds is 9. The summed E-state index contributed by atoms with van der Waals surface area (Å²) >= 11 is 3.49. The molecule has 0 saturated heterocycles. The van der Waals surface area contributed by atoms with Crippen LogP contribution in [0.4, 0.5) is 22.0 Å². The molecule has 10 nitrogen and oxygen atoms in total. The molecule has 0 heterocycles. The Morgan fingerprint density at radius 2 is 1.31 bits per heavy atom. The SMILES string of the molecule is O=C(OCCOC(=O)C1C(C(=O)OC(C(F)(F)F)C(F)(F)S(=O)(=O)[O-])C2c3ccccc3C1C1C=CC=CC12)c1cc(I)c([O-])c(I)c1. The Kier molecular flexibility index (Phi) is 10.2. The molecule has 4 aliphatic rings. The van der Waals surface area contributed by atoms with Gasteiger partial charge in [0.2, 0.25) is 0 Å². The van der Waals surface area contributed by atoms with Crippen LogP contribution in [0.25, 0.3) is 0 Å². The van der Waals surface area contributed by atoms with Crippen LogP contribution in [0, 0.1) is 30.8 Å². The Balaban J connectivity index is 1.44. The van der Waals surface area contributed by atoms with Crippen molar-refractivity contribution in [3.8, 4) is 5.75 Å². The normalized spacial score (nSPS) is 25.1. The standard InChI is InChI=1S/C30H23F5I2O10S/c31-29(32,33)28(30(34,35)48(42,43)44)47-27(41)23-21-16-7-3-1-5-14(16)20(15-6-2-4-8-17(15)21)22(23)26(40)46-10-9-45-25(39)13-11-18(36)24(38)19(37)12-13/h1-8,11-12,14,16,20-23,28,38H,9-10H2,(H,42,43,44)/p-2. The number of allylic oxidation sites excluding steroid dienone is 4. The average Bonchev–Trinajstić information content (AvgIpc) is 3.02. The molecule has 2 aromatic carbocycles. The third-order valence-corrected chi connectivity index (χ3v) is 10.9. The third kappa shape index (κ3) is 6.68. The number of hydrogen-bond donors (Lipinski definition) is 0. The number of carbonyl (C=O) groups excluding carboxylic acids is 3. The molecule has 6 rings (SSSR count). The van der Waals surface area contributed by atoms with E-state index in [4.69, 9.17) is 9.47 Å². The number of ether oxygens (including phenoxy) is 3. The molecule has 18 heteroatoms. The van der Waals surface area contributed by atoms with E-state index in [1.165, 1.54) is 12.1 Å². The van der Waals surface area contributed by atoms with Crippen LogP contribution in [0.5, 0.6) is 5.75 Å². The lowest BCUT2D eigenvalue weighted by molar-refractivity contribution is -0.271. The summed E-state index contributed by atoms with van der Waals surface area (Å²) in [6.07, 6.45) is -4.19. The quantitative estimate of drug-likeness (QED) is 0.0858. The van der Waals surface area contributed by atoms with E-state index in [1.54, 1.807) is 93.8 Å². The average molecular weight is 922 g/mol. The minimum absolute atomic E-state index is 0.0398. The lowest BCUT2D eigenvalue weighted by Gasteiger charge is -2.55. The number of fused-ring (bicyclic) bond motifs is 1. The molecule has 2 aromatic rings. The summed E-state index contributed by atoms with van der Waals surface area (Å²) in [7, 11) is -6.97. The summed E-state index contributed by atoms with van der Waals surface area (Å²) in [6, 6.07) is 9.01. The van der Waals surface area contributed by atoms with Gasteiger partial charge in [0.15, 0.2) is 10.1 Å². The van der Waals surface area contributed by atoms with E-state index in [1.807, 2.05) is 0 Å². The molecule has 48 heavy (non-hydrogen) atoms. The van der Waals surface area contributed by atoms with Gasteiger partial charge in [-0.2, -0.15) is 22.0 Å². The van der Waals surface area contributed by atoms with Crippen molar-refractivity contribution in [1.82, 2.24) is 0 Å². The van der Waals surface area contributed by atoms with E-state index >= 15 is 0 Å². The molecule has 0 aromatic heterocycles. The second-order valence-corrected chi connectivity index (χ2v) is 14.9. The highest BCUT2D eigenvalue weighted by molar-refractivity contribution is 14.1. The molecule has 7 unspecified atom stereocenters. The molecular formula is C30H21F5I2O10S-2. The Hall–Kier alpha value is -2.85. The monoisotopic (exact) mass is 922 g/mol. The number of carbonyl (C=O) groups is 3. The van der Waals surface area contributed by atoms with Crippen LogP contribution < -0.4 is 5.11 Å². The fourth-order valence-corrected chi connectivity index (χ4v) is 8.79. The van der Waals surface area contributed by atoms with Crippen molar-refractivity contribution in [2.24, 2.45) is 23.7 Å². The molecule has 1 saturated carbocycles. The Bertz CT molecular complexity index is 1790. The summed E-state index contributed by atoms with van der Waals surface area (Å²) in [5, 5.41) is 5.83. The Morgan fingerprint density at radius 1 is 0.833 bits per heavy atom. The maximum absolute atomic E-state index is 14.4. The second kappa shape index (κ2) is 13.5. The van der Waals surface area contributed by atoms with Gasteiger partial charge in [-0.25, -0.2) is 13.2 Å². The van der Waals surface area contributed by atoms with Gasteiger partial charge in [0.1, 0.15) is 13.2 Å². The fourth-order valence-electron chi connectivity index (χ4n) is 6.58. The first-order chi connectivity index (χ1) is 22.4. The second-order valence-electron chi connectivity index (χ2n) is 11.1. The largest absolute Gasteiger partial charge is 0.871 e. The molecule has 1 fully saturated rings. The molecule has 0 radical (unpaired) electrons. The summed E-state index contributed by atoms with van der Waals surface area (Å²) in [5.41, 5.74) is 1.02. The Labute approximate surface area is 296 Å². The van der Waals surface area contributed by atoms with Crippen molar-refractivity contribution >= 4 is 73.2 Å². The zero-order valence-electron chi connectivity index (χ0n) is 23.9. The minimum Gasteiger partial charge on any atom is -0.871 e. The van der Waals surface area contributed by atoms with Crippen LogP contribution in [0.1, 0.15) is 33.3 Å². The van der Waals surface area contributed by atoms with E-state index < -0.39 is 94.3 Å². The van der Waals surface area contributed by atoms with Gasteiger partial charge < -0.3 is 23.9 Å². The highest BCUT2D eigenvalue weighted by atomic mass is 127. The number of esters is 3. The van der Waals surface area contributed by atoms with Gasteiger partial charge >= 0.3 is 29.3 Å². The molecule has 0 aliphatic heterocycles. The maximum Gasteiger partial charge on any atom is 0.432 e. The highest BCUT2D eigenvalue weighted by Gasteiger charge is 2.66. The van der Waals surface area contributed by atoms with Crippen molar-refractivity contribution in [2.45, 2.75) is 29.4 Å². The van der Waals surface area contributed by atoms with E-state index in [0.717, 1.165) is 0 Å². The van der Waals surface area contributed by atoms with Crippen LogP contribution in [0.2, 0.25) is 0 Å². The van der Waals surface area contributed by atoms with Gasteiger partial charge in [-0.05, 0) is 80.3 Å². The summed E-state index contributed by atoms with van der Waals surface area (Å²) in [4.78, 5) is 39.8. The zero-order chi connectivity index (χ0) is 35.3. The van der Waals surface area contributed by atoms with Crippen molar-refractivity contribution in [2.75, 3.05) is 13.2 Å². The predicted octanol–water partition coefficient (Wildman–Crippen LogP) is 4.77. The van der Waals surface area contributed by atoms with Crippen molar-refractivity contribution < 1.29 is 68.6 Å². The van der Waals surface area contributed by atoms with Gasteiger partial charge in [-0.1, -0.05) is 54.3 Å². The molecule has 7 atom stereocenters. The first-order valence-electron chi connectivity index (χ1n) is 13.9. The number of hydrogen-bond acceptors (Lipinski definition) is 10. The van der Waals surface area contributed by atoms with Gasteiger partial charge in [-0.3, -0.25) is 9.59 Å². The van der Waals surface area contributed by atoms with E-state index in [0.29, 0.717) is 11.1 Å². The highest BCUT2D eigenvalue weighted by Crippen LogP contribution is 2.63. The fraction of sp³-hybridized carbons (Fsp3) is 0.367. The van der Waals surface area contributed by atoms with Gasteiger partial charge in [0.05, 0.1) is 17.4 Å². The summed E-state index contributed by atoms with van der Waals surface area (Å²) < 4.78 is 119. The molecule has 4 aliphatic carbocycles. The van der Waals surface area contributed by atoms with Crippen molar-refractivity contribution in [3.63, 3.8) is 0 Å². The van der Waals surface area contributed by atoms with Crippen LogP contribution in [0.15, 0.2) is 60.7 Å². The van der Waals surface area contributed by atoms with E-state index in [-0.39, 0.29) is 18.5 Å². The maximum atomic E-state index is 14.4. The first kappa shape index (κ1) is 36.4. The molecule has 258 valence electrons. The number of alkyl halides is 5. The lowest BCUT2D eigenvalue weighted by Crippen LogP contribution is -2.57. The zero-order valence-corrected chi connectivity index (χ0v) is 29.0. The lowest BCUT2D eigenvalue weighted by atomic mass is 9.48. The molecule has 0 amide bonds. The van der Waals surface area contributed by atoms with Gasteiger partial charge in [0.25, 0.3) is 6.10 Å². The van der Waals surface area contributed by atoms with Crippen LogP contribution in [-0.4, -0.2) is 61.6 Å². The molecule has 2 bridgehead atoms. The van der Waals surface area contributed by atoms with Gasteiger partial charge in [-0.15, -0.1) is 0 Å². The van der Waals surface area contributed by atoms with E-state index in [9.17, 15) is 54.4 Å². The van der Waals surface area contributed by atoms with Crippen LogP contribution in [0.3, 0.4) is 0 Å².